The van der Waals surface area contributed by atoms with Gasteiger partial charge in [-0.25, -0.2) is 4.57 Å². The number of pyridine rings is 1. The van der Waals surface area contributed by atoms with Crippen molar-refractivity contribution in [2.24, 2.45) is 0 Å². The lowest BCUT2D eigenvalue weighted by Crippen LogP contribution is -2.33. The highest BCUT2D eigenvalue weighted by Crippen LogP contribution is 1.98. The predicted molar refractivity (Wildman–Crippen MR) is 68.9 cm³/mol. The maximum atomic E-state index is 10.5. The maximum absolute atomic E-state index is 10.5. The monoisotopic (exact) mass is 308 g/mol. The van der Waals surface area contributed by atoms with Crippen LogP contribution in [0.25, 0.3) is 0 Å². The molecule has 108 valence electrons. The summed E-state index contributed by atoms with van der Waals surface area (Å²) in [6.45, 7) is 0.759. The topological polar surface area (TPSA) is 108 Å². The van der Waals surface area contributed by atoms with Crippen LogP contribution in [0.15, 0.2) is 24.5 Å². The Morgan fingerprint density at radius 2 is 1.89 bits per heavy atom. The van der Waals surface area contributed by atoms with Gasteiger partial charge in [0.1, 0.15) is 6.54 Å². The van der Waals surface area contributed by atoms with Crippen molar-refractivity contribution in [3.05, 3.63) is 30.1 Å². The Hall–Kier alpha value is -0.843. The van der Waals surface area contributed by atoms with Crippen molar-refractivity contribution in [2.75, 3.05) is 12.4 Å². The van der Waals surface area contributed by atoms with E-state index in [1.165, 1.54) is 0 Å². The van der Waals surface area contributed by atoms with Gasteiger partial charge < -0.3 is 14.0 Å². The molecule has 3 N–H and O–H groups in total. The Kier molecular flexibility index (Phi) is 6.55. The standard InChI is InChI=1S/C10H17NO6SSi/c12-18(13,14)9-1-5-11-6-2-10(3-7-11)4-8-17-19(15)16/h2-3,6-7,15-16,19H,1,4-5,8-9H2/p+1. The first kappa shape index (κ1) is 16.2. The number of hydrogen-bond acceptors (Lipinski definition) is 5. The van der Waals surface area contributed by atoms with Crippen LogP contribution in [-0.4, -0.2) is 44.4 Å². The van der Waals surface area contributed by atoms with E-state index in [4.69, 9.17) is 18.6 Å². The fourth-order valence-electron chi connectivity index (χ4n) is 1.52. The van der Waals surface area contributed by atoms with Crippen LogP contribution in [0.1, 0.15) is 12.0 Å². The van der Waals surface area contributed by atoms with E-state index in [0.717, 1.165) is 5.56 Å². The summed E-state index contributed by atoms with van der Waals surface area (Å²) in [5, 5.41) is 0. The first-order valence-electron chi connectivity index (χ1n) is 5.78. The molecule has 1 aromatic rings. The van der Waals surface area contributed by atoms with Gasteiger partial charge in [0.15, 0.2) is 12.4 Å². The van der Waals surface area contributed by atoms with Crippen molar-refractivity contribution in [1.29, 1.82) is 0 Å². The summed E-state index contributed by atoms with van der Waals surface area (Å²) in [4.78, 5) is 17.3. The smallest absolute Gasteiger partial charge is 0.392 e. The van der Waals surface area contributed by atoms with Crippen LogP contribution < -0.4 is 4.57 Å². The maximum Gasteiger partial charge on any atom is 0.478 e. The number of nitrogens with zero attached hydrogens (tertiary/aromatic N) is 1. The second-order valence-electron chi connectivity index (χ2n) is 4.03. The molecule has 0 radical (unpaired) electrons. The highest BCUT2D eigenvalue weighted by molar-refractivity contribution is 7.85. The highest BCUT2D eigenvalue weighted by Gasteiger charge is 2.08. The van der Waals surface area contributed by atoms with Crippen molar-refractivity contribution >= 4 is 19.6 Å². The molecule has 1 heterocycles. The van der Waals surface area contributed by atoms with Crippen LogP contribution in [0.2, 0.25) is 0 Å². The third-order valence-corrected chi connectivity index (χ3v) is 3.77. The summed E-state index contributed by atoms with van der Waals surface area (Å²) in [6.07, 6.45) is 4.52. The van der Waals surface area contributed by atoms with Gasteiger partial charge in [0.05, 0.1) is 5.75 Å². The van der Waals surface area contributed by atoms with Crippen molar-refractivity contribution < 1.29 is 31.6 Å². The minimum Gasteiger partial charge on any atom is -0.392 e. The van der Waals surface area contributed by atoms with Crippen LogP contribution in [0, 0.1) is 0 Å². The molecule has 1 aromatic heterocycles. The largest absolute Gasteiger partial charge is 0.478 e. The van der Waals surface area contributed by atoms with Crippen LogP contribution in [-0.2, 0) is 27.5 Å². The molecule has 0 fully saturated rings. The third kappa shape index (κ3) is 8.03. The second-order valence-corrected chi connectivity index (χ2v) is 6.59. The first-order chi connectivity index (χ1) is 8.87. The average molecular weight is 308 g/mol. The van der Waals surface area contributed by atoms with Crippen LogP contribution in [0.3, 0.4) is 0 Å². The molecule has 0 aliphatic heterocycles. The van der Waals surface area contributed by atoms with E-state index >= 15 is 0 Å². The van der Waals surface area contributed by atoms with Crippen molar-refractivity contribution in [3.63, 3.8) is 0 Å². The highest BCUT2D eigenvalue weighted by atomic mass is 32.2. The molecule has 0 unspecified atom stereocenters. The van der Waals surface area contributed by atoms with E-state index in [1.807, 2.05) is 16.7 Å². The SMILES string of the molecule is O=S(=O)(O)CCC[n+]1ccc(CCO[SiH](O)O)cc1. The number of hydrogen-bond donors (Lipinski definition) is 3. The van der Waals surface area contributed by atoms with Gasteiger partial charge in [-0.3, -0.25) is 4.55 Å². The van der Waals surface area contributed by atoms with Crippen LogP contribution in [0.5, 0.6) is 0 Å². The van der Waals surface area contributed by atoms with E-state index < -0.39 is 19.6 Å². The summed E-state index contributed by atoms with van der Waals surface area (Å²) in [5.74, 6) is -0.255. The first-order valence-corrected chi connectivity index (χ1v) is 8.89. The minimum atomic E-state index is -3.90. The minimum absolute atomic E-state index is 0.255. The summed E-state index contributed by atoms with van der Waals surface area (Å²) in [7, 11) is -6.84. The molecule has 0 saturated heterocycles. The van der Waals surface area contributed by atoms with Gasteiger partial charge in [0.25, 0.3) is 10.1 Å². The Morgan fingerprint density at radius 1 is 1.26 bits per heavy atom. The lowest BCUT2D eigenvalue weighted by molar-refractivity contribution is -0.696. The molecule has 1 rings (SSSR count). The predicted octanol–water partition coefficient (Wildman–Crippen LogP) is -1.49. The summed E-state index contributed by atoms with van der Waals surface area (Å²) >= 11 is 0. The summed E-state index contributed by atoms with van der Waals surface area (Å²) in [5.41, 5.74) is 0.987. The number of aryl methyl sites for hydroxylation is 1. The third-order valence-electron chi connectivity index (χ3n) is 2.44. The Bertz CT molecular complexity index is 475. The molecule has 9 heteroatoms. The zero-order valence-corrected chi connectivity index (χ0v) is 12.3. The molecule has 0 bridgehead atoms. The van der Waals surface area contributed by atoms with Gasteiger partial charge in [0.2, 0.25) is 0 Å². The van der Waals surface area contributed by atoms with Crippen LogP contribution in [0.4, 0.5) is 0 Å². The Balaban J connectivity index is 2.35. The van der Waals surface area contributed by atoms with Crippen molar-refractivity contribution in [2.45, 2.75) is 19.4 Å². The molecule has 0 amide bonds. The van der Waals surface area contributed by atoms with E-state index in [2.05, 4.69) is 0 Å². The Morgan fingerprint density at radius 3 is 2.42 bits per heavy atom. The molecule has 0 saturated carbocycles. The second kappa shape index (κ2) is 7.67. The molecule has 0 aliphatic rings. The normalized spacial score (nSPS) is 12.0. The van der Waals surface area contributed by atoms with E-state index in [-0.39, 0.29) is 12.4 Å². The van der Waals surface area contributed by atoms with E-state index in [0.29, 0.717) is 19.4 Å². The Labute approximate surface area is 113 Å². The molecule has 0 spiro atoms. The fraction of sp³-hybridized carbons (Fsp3) is 0.500. The molecule has 7 nitrogen and oxygen atoms in total. The number of rotatable bonds is 8. The van der Waals surface area contributed by atoms with E-state index in [9.17, 15) is 8.42 Å². The van der Waals surface area contributed by atoms with Gasteiger partial charge in [-0.05, 0) is 12.0 Å². The molecule has 0 atom stereocenters. The van der Waals surface area contributed by atoms with Crippen molar-refractivity contribution in [1.82, 2.24) is 0 Å². The van der Waals surface area contributed by atoms with Crippen LogP contribution >= 0.6 is 0 Å². The quantitative estimate of drug-likeness (QED) is 0.307. The summed E-state index contributed by atoms with van der Waals surface area (Å²) < 4.78 is 36.2. The fourth-order valence-corrected chi connectivity index (χ4v) is 2.34. The van der Waals surface area contributed by atoms with E-state index in [1.54, 1.807) is 12.4 Å². The molecular weight excluding hydrogens is 290 g/mol. The molecular formula is C10H18NO6SSi+. The lowest BCUT2D eigenvalue weighted by Gasteiger charge is -2.03. The number of aromatic nitrogens is 1. The van der Waals surface area contributed by atoms with Gasteiger partial charge in [-0.2, -0.15) is 8.42 Å². The van der Waals surface area contributed by atoms with Gasteiger partial charge in [-0.15, -0.1) is 0 Å². The van der Waals surface area contributed by atoms with Crippen molar-refractivity contribution in [3.8, 4) is 0 Å². The average Bonchev–Trinajstić information content (AvgIpc) is 2.29. The molecule has 0 aliphatic carbocycles. The zero-order chi connectivity index (χ0) is 14.3. The van der Waals surface area contributed by atoms with Gasteiger partial charge >= 0.3 is 9.53 Å². The van der Waals surface area contributed by atoms with Gasteiger partial charge in [0, 0.05) is 25.2 Å². The molecule has 0 aromatic carbocycles. The zero-order valence-electron chi connectivity index (χ0n) is 10.3. The lowest BCUT2D eigenvalue weighted by atomic mass is 10.2. The molecule has 19 heavy (non-hydrogen) atoms. The van der Waals surface area contributed by atoms with Gasteiger partial charge in [-0.1, -0.05) is 0 Å². The summed E-state index contributed by atoms with van der Waals surface area (Å²) in [6, 6.07) is 3.70.